The van der Waals surface area contributed by atoms with Gasteiger partial charge in [-0.25, -0.2) is 0 Å². The highest BCUT2D eigenvalue weighted by Gasteiger charge is 2.22. The van der Waals surface area contributed by atoms with Crippen molar-refractivity contribution in [3.8, 4) is 5.75 Å². The molecule has 0 bridgehead atoms. The molecule has 18 heavy (non-hydrogen) atoms. The van der Waals surface area contributed by atoms with E-state index in [4.69, 9.17) is 0 Å². The van der Waals surface area contributed by atoms with Crippen LogP contribution in [-0.4, -0.2) is 28.3 Å². The number of phenolic OH excluding ortho intramolecular Hbond substituents is 1. The third-order valence-electron chi connectivity index (χ3n) is 3.18. The molecule has 1 unspecified atom stereocenters. The molecule has 0 aromatic heterocycles. The maximum atomic E-state index is 11.8. The molecule has 1 amide bonds. The Labute approximate surface area is 108 Å². The lowest BCUT2D eigenvalue weighted by molar-refractivity contribution is -0.123. The number of carbonyl (C=O) groups is 1. The Morgan fingerprint density at radius 1 is 1.39 bits per heavy atom. The van der Waals surface area contributed by atoms with Gasteiger partial charge in [0.2, 0.25) is 5.91 Å². The fourth-order valence-electron chi connectivity index (χ4n) is 1.61. The number of carbonyl (C=O) groups excluding carboxylic acids is 1. The summed E-state index contributed by atoms with van der Waals surface area (Å²) in [6, 6.07) is 6.99. The standard InChI is InChI=1S/C14H21NO3/c1-3-14(2,10-16)15-13(18)9-8-11-6-4-5-7-12(11)17/h4-7,16-17H,3,8-10H2,1-2H3,(H,15,18). The average molecular weight is 251 g/mol. The van der Waals surface area contributed by atoms with Gasteiger partial charge in [0.15, 0.2) is 0 Å². The minimum absolute atomic E-state index is 0.0776. The van der Waals surface area contributed by atoms with Crippen LogP contribution >= 0.6 is 0 Å². The highest BCUT2D eigenvalue weighted by Crippen LogP contribution is 2.17. The second kappa shape index (κ2) is 6.40. The van der Waals surface area contributed by atoms with E-state index in [2.05, 4.69) is 5.32 Å². The largest absolute Gasteiger partial charge is 0.508 e. The molecule has 0 saturated carbocycles. The highest BCUT2D eigenvalue weighted by atomic mass is 16.3. The van der Waals surface area contributed by atoms with Gasteiger partial charge < -0.3 is 15.5 Å². The molecule has 3 N–H and O–H groups in total. The molecule has 1 atom stereocenters. The first-order chi connectivity index (χ1) is 8.50. The normalized spacial score (nSPS) is 13.9. The van der Waals surface area contributed by atoms with E-state index in [0.29, 0.717) is 19.3 Å². The number of nitrogens with one attached hydrogen (secondary N) is 1. The van der Waals surface area contributed by atoms with Crippen LogP contribution in [-0.2, 0) is 11.2 Å². The lowest BCUT2D eigenvalue weighted by atomic mass is 9.99. The molecule has 0 heterocycles. The van der Waals surface area contributed by atoms with Gasteiger partial charge in [-0.1, -0.05) is 25.1 Å². The Morgan fingerprint density at radius 2 is 2.06 bits per heavy atom. The van der Waals surface area contributed by atoms with Gasteiger partial charge in [0, 0.05) is 6.42 Å². The summed E-state index contributed by atoms with van der Waals surface area (Å²) >= 11 is 0. The minimum Gasteiger partial charge on any atom is -0.508 e. The van der Waals surface area contributed by atoms with Gasteiger partial charge in [0.05, 0.1) is 12.1 Å². The number of phenols is 1. The monoisotopic (exact) mass is 251 g/mol. The van der Waals surface area contributed by atoms with E-state index in [9.17, 15) is 15.0 Å². The first-order valence-electron chi connectivity index (χ1n) is 6.19. The van der Waals surface area contributed by atoms with Crippen molar-refractivity contribution in [1.82, 2.24) is 5.32 Å². The SMILES string of the molecule is CCC(C)(CO)NC(=O)CCc1ccccc1O. The zero-order valence-electron chi connectivity index (χ0n) is 10.9. The first kappa shape index (κ1) is 14.5. The van der Waals surface area contributed by atoms with Crippen molar-refractivity contribution in [1.29, 1.82) is 0 Å². The van der Waals surface area contributed by atoms with Crippen LogP contribution in [0.1, 0.15) is 32.3 Å². The van der Waals surface area contributed by atoms with E-state index in [1.807, 2.05) is 19.9 Å². The van der Waals surface area contributed by atoms with Crippen LogP contribution in [0.25, 0.3) is 0 Å². The number of rotatable bonds is 6. The van der Waals surface area contributed by atoms with Crippen LogP contribution in [0.15, 0.2) is 24.3 Å². The van der Waals surface area contributed by atoms with Gasteiger partial charge in [-0.15, -0.1) is 0 Å². The second-order valence-corrected chi connectivity index (χ2v) is 4.75. The van der Waals surface area contributed by atoms with Crippen molar-refractivity contribution in [2.45, 2.75) is 38.6 Å². The van der Waals surface area contributed by atoms with Crippen molar-refractivity contribution in [3.63, 3.8) is 0 Å². The van der Waals surface area contributed by atoms with E-state index in [1.54, 1.807) is 18.2 Å². The molecule has 0 aliphatic carbocycles. The summed E-state index contributed by atoms with van der Waals surface area (Å²) in [7, 11) is 0. The van der Waals surface area contributed by atoms with Crippen molar-refractivity contribution in [3.05, 3.63) is 29.8 Å². The molecule has 0 aliphatic rings. The summed E-state index contributed by atoms with van der Waals surface area (Å²) in [5.41, 5.74) is 0.199. The summed E-state index contributed by atoms with van der Waals surface area (Å²) < 4.78 is 0. The van der Waals surface area contributed by atoms with Gasteiger partial charge in [0.1, 0.15) is 5.75 Å². The third-order valence-corrected chi connectivity index (χ3v) is 3.18. The Balaban J connectivity index is 2.50. The van der Waals surface area contributed by atoms with Crippen LogP contribution in [0.5, 0.6) is 5.75 Å². The van der Waals surface area contributed by atoms with E-state index in [0.717, 1.165) is 5.56 Å². The lowest BCUT2D eigenvalue weighted by Crippen LogP contribution is -2.48. The number of benzene rings is 1. The highest BCUT2D eigenvalue weighted by molar-refractivity contribution is 5.77. The third kappa shape index (κ3) is 4.04. The molecule has 0 radical (unpaired) electrons. The molecule has 0 aliphatic heterocycles. The Kier molecular flexibility index (Phi) is 5.16. The van der Waals surface area contributed by atoms with Crippen molar-refractivity contribution in [2.75, 3.05) is 6.61 Å². The number of hydrogen-bond donors (Lipinski definition) is 3. The fourth-order valence-corrected chi connectivity index (χ4v) is 1.61. The number of amides is 1. The Hall–Kier alpha value is -1.55. The number of aryl methyl sites for hydroxylation is 1. The molecule has 100 valence electrons. The summed E-state index contributed by atoms with van der Waals surface area (Å²) in [6.45, 7) is 3.65. The number of para-hydroxylation sites is 1. The fraction of sp³-hybridized carbons (Fsp3) is 0.500. The lowest BCUT2D eigenvalue weighted by Gasteiger charge is -2.27. The van der Waals surface area contributed by atoms with Crippen LogP contribution in [0.3, 0.4) is 0 Å². The summed E-state index contributed by atoms with van der Waals surface area (Å²) in [6.07, 6.45) is 1.46. The predicted octanol–water partition coefficient (Wildman–Crippen LogP) is 1.60. The molecule has 4 nitrogen and oxygen atoms in total. The second-order valence-electron chi connectivity index (χ2n) is 4.75. The molecule has 1 rings (SSSR count). The van der Waals surface area contributed by atoms with Gasteiger partial charge in [-0.3, -0.25) is 4.79 Å². The van der Waals surface area contributed by atoms with Gasteiger partial charge >= 0.3 is 0 Å². The van der Waals surface area contributed by atoms with E-state index < -0.39 is 5.54 Å². The number of aliphatic hydroxyl groups is 1. The minimum atomic E-state index is -0.560. The topological polar surface area (TPSA) is 69.6 Å². The molecule has 1 aromatic rings. The summed E-state index contributed by atoms with van der Waals surface area (Å²) in [4.78, 5) is 11.8. The number of hydrogen-bond acceptors (Lipinski definition) is 3. The Morgan fingerprint density at radius 3 is 2.61 bits per heavy atom. The van der Waals surface area contributed by atoms with Crippen LogP contribution in [0, 0.1) is 0 Å². The maximum absolute atomic E-state index is 11.8. The molecular formula is C14H21NO3. The van der Waals surface area contributed by atoms with Gasteiger partial charge in [0.25, 0.3) is 0 Å². The molecule has 1 aromatic carbocycles. The zero-order chi connectivity index (χ0) is 13.6. The molecular weight excluding hydrogens is 230 g/mol. The smallest absolute Gasteiger partial charge is 0.220 e. The molecule has 4 heteroatoms. The molecule has 0 spiro atoms. The van der Waals surface area contributed by atoms with Crippen molar-refractivity contribution < 1.29 is 15.0 Å². The maximum Gasteiger partial charge on any atom is 0.220 e. The van der Waals surface area contributed by atoms with Crippen molar-refractivity contribution in [2.24, 2.45) is 0 Å². The predicted molar refractivity (Wildman–Crippen MR) is 70.4 cm³/mol. The van der Waals surface area contributed by atoms with Crippen LogP contribution < -0.4 is 5.32 Å². The summed E-state index contributed by atoms with van der Waals surface area (Å²) in [5.74, 6) is 0.0994. The first-order valence-corrected chi connectivity index (χ1v) is 6.19. The van der Waals surface area contributed by atoms with Crippen LogP contribution in [0.2, 0.25) is 0 Å². The quantitative estimate of drug-likeness (QED) is 0.719. The number of aliphatic hydroxyl groups excluding tert-OH is 1. The van der Waals surface area contributed by atoms with E-state index >= 15 is 0 Å². The van der Waals surface area contributed by atoms with E-state index in [1.165, 1.54) is 0 Å². The molecule has 0 fully saturated rings. The summed E-state index contributed by atoms with van der Waals surface area (Å²) in [5, 5.41) is 21.6. The zero-order valence-corrected chi connectivity index (χ0v) is 10.9. The average Bonchev–Trinajstić information content (AvgIpc) is 2.37. The van der Waals surface area contributed by atoms with Gasteiger partial charge in [-0.2, -0.15) is 0 Å². The number of aromatic hydroxyl groups is 1. The van der Waals surface area contributed by atoms with E-state index in [-0.39, 0.29) is 18.3 Å². The molecule has 0 saturated heterocycles. The Bertz CT molecular complexity index is 400. The van der Waals surface area contributed by atoms with Gasteiger partial charge in [-0.05, 0) is 31.4 Å². The van der Waals surface area contributed by atoms with Crippen LogP contribution in [0.4, 0.5) is 0 Å². The van der Waals surface area contributed by atoms with Crippen molar-refractivity contribution >= 4 is 5.91 Å².